The molecule has 0 radical (unpaired) electrons. The van der Waals surface area contributed by atoms with Crippen molar-refractivity contribution in [2.24, 2.45) is 0 Å². The summed E-state index contributed by atoms with van der Waals surface area (Å²) in [5.74, 6) is -0.995. The van der Waals surface area contributed by atoms with Gasteiger partial charge in [0.05, 0.1) is 12.5 Å². The van der Waals surface area contributed by atoms with Crippen molar-refractivity contribution in [2.45, 2.75) is 38.8 Å². The largest absolute Gasteiger partial charge is 0.481 e. The molecule has 0 aliphatic carbocycles. The van der Waals surface area contributed by atoms with Crippen LogP contribution in [0.4, 0.5) is 10.6 Å². The van der Waals surface area contributed by atoms with Crippen molar-refractivity contribution in [1.29, 1.82) is 0 Å². The average molecular weight is 385 g/mol. The minimum absolute atomic E-state index is 0.321. The van der Waals surface area contributed by atoms with Crippen LogP contribution in [0.15, 0.2) is 48.7 Å². The predicted octanol–water partition coefficient (Wildman–Crippen LogP) is 3.37. The number of rotatable bonds is 6. The van der Waals surface area contributed by atoms with E-state index in [1.807, 2.05) is 0 Å². The molecule has 0 spiro atoms. The minimum Gasteiger partial charge on any atom is -0.481 e. The molecule has 2 rings (SSSR count). The van der Waals surface area contributed by atoms with Crippen LogP contribution < -0.4 is 10.6 Å². The maximum Gasteiger partial charge on any atom is 0.408 e. The fourth-order valence-corrected chi connectivity index (χ4v) is 2.37. The molecule has 8 heteroatoms. The Balaban J connectivity index is 2.10. The molecule has 0 unspecified atom stereocenters. The number of nitrogens with zero attached hydrogens (tertiary/aromatic N) is 1. The number of carbonyl (C=O) groups is 3. The van der Waals surface area contributed by atoms with Crippen LogP contribution >= 0.6 is 0 Å². The minimum atomic E-state index is -1.07. The summed E-state index contributed by atoms with van der Waals surface area (Å²) in [6.07, 6.45) is 0.534. The van der Waals surface area contributed by atoms with Crippen molar-refractivity contribution in [3.05, 3.63) is 59.8 Å². The Morgan fingerprint density at radius 1 is 1.11 bits per heavy atom. The fourth-order valence-electron chi connectivity index (χ4n) is 2.37. The van der Waals surface area contributed by atoms with E-state index in [9.17, 15) is 14.4 Å². The van der Waals surface area contributed by atoms with Gasteiger partial charge in [-0.1, -0.05) is 18.2 Å². The summed E-state index contributed by atoms with van der Waals surface area (Å²) in [5, 5.41) is 14.4. The van der Waals surface area contributed by atoms with Gasteiger partial charge in [0.25, 0.3) is 5.91 Å². The summed E-state index contributed by atoms with van der Waals surface area (Å²) in [5.41, 5.74) is 0.217. The van der Waals surface area contributed by atoms with Crippen LogP contribution in [0.5, 0.6) is 0 Å². The molecule has 148 valence electrons. The maximum atomic E-state index is 12.3. The molecule has 1 aromatic carbocycles. The first kappa shape index (κ1) is 20.9. The molecule has 0 saturated heterocycles. The standard InChI is InChI=1S/C20H23N3O5/c1-20(2,3)28-19(27)22-15(12-17(24)25)13-7-9-14(10-8-13)18(26)23-16-6-4-5-11-21-16/h4-11,15H,12H2,1-3H3,(H,22,27)(H,24,25)(H,21,23,26)/t15-/m1/s1. The van der Waals surface area contributed by atoms with Gasteiger partial charge in [0.2, 0.25) is 0 Å². The number of ether oxygens (including phenoxy) is 1. The molecule has 0 saturated carbocycles. The van der Waals surface area contributed by atoms with Crippen LogP contribution in [0.1, 0.15) is 49.2 Å². The van der Waals surface area contributed by atoms with E-state index in [1.54, 1.807) is 69.4 Å². The number of amides is 2. The second-order valence-corrected chi connectivity index (χ2v) is 7.09. The van der Waals surface area contributed by atoms with Crippen LogP contribution in [-0.4, -0.2) is 33.7 Å². The third-order valence-electron chi connectivity index (χ3n) is 3.55. The molecule has 2 aromatic rings. The molecule has 1 aromatic heterocycles. The number of carbonyl (C=O) groups excluding carboxylic acids is 2. The van der Waals surface area contributed by atoms with Crippen molar-refractivity contribution < 1.29 is 24.2 Å². The second-order valence-electron chi connectivity index (χ2n) is 7.09. The van der Waals surface area contributed by atoms with E-state index in [0.717, 1.165) is 0 Å². The Labute approximate surface area is 162 Å². The predicted molar refractivity (Wildman–Crippen MR) is 103 cm³/mol. The van der Waals surface area contributed by atoms with E-state index >= 15 is 0 Å². The highest BCUT2D eigenvalue weighted by molar-refractivity contribution is 6.03. The molecule has 3 N–H and O–H groups in total. The Morgan fingerprint density at radius 3 is 2.32 bits per heavy atom. The van der Waals surface area contributed by atoms with E-state index in [2.05, 4.69) is 15.6 Å². The van der Waals surface area contributed by atoms with Crippen LogP contribution in [-0.2, 0) is 9.53 Å². The molecular weight excluding hydrogens is 362 g/mol. The lowest BCUT2D eigenvalue weighted by molar-refractivity contribution is -0.137. The number of pyridine rings is 1. The van der Waals surface area contributed by atoms with E-state index < -0.39 is 23.7 Å². The number of hydrogen-bond donors (Lipinski definition) is 3. The number of alkyl carbamates (subject to hydrolysis) is 1. The summed E-state index contributed by atoms with van der Waals surface area (Å²) in [4.78, 5) is 39.5. The number of aliphatic carboxylic acids is 1. The van der Waals surface area contributed by atoms with Gasteiger partial charge in [-0.05, 0) is 50.6 Å². The van der Waals surface area contributed by atoms with E-state index in [4.69, 9.17) is 9.84 Å². The highest BCUT2D eigenvalue weighted by Crippen LogP contribution is 2.19. The van der Waals surface area contributed by atoms with Gasteiger partial charge >= 0.3 is 12.1 Å². The highest BCUT2D eigenvalue weighted by Gasteiger charge is 2.22. The first-order valence-corrected chi connectivity index (χ1v) is 8.68. The van der Waals surface area contributed by atoms with Gasteiger partial charge in [-0.25, -0.2) is 9.78 Å². The topological polar surface area (TPSA) is 118 Å². The zero-order chi connectivity index (χ0) is 20.7. The number of benzene rings is 1. The van der Waals surface area contributed by atoms with Crippen molar-refractivity contribution in [1.82, 2.24) is 10.3 Å². The zero-order valence-electron chi connectivity index (χ0n) is 15.9. The Hall–Kier alpha value is -3.42. The lowest BCUT2D eigenvalue weighted by Gasteiger charge is -2.23. The summed E-state index contributed by atoms with van der Waals surface area (Å²) in [6.45, 7) is 5.15. The SMILES string of the molecule is CC(C)(C)OC(=O)N[C@H](CC(=O)O)c1ccc(C(=O)Nc2ccccn2)cc1. The van der Waals surface area contributed by atoms with Crippen LogP contribution in [0, 0.1) is 0 Å². The number of anilines is 1. The Morgan fingerprint density at radius 2 is 1.79 bits per heavy atom. The quantitative estimate of drug-likeness (QED) is 0.702. The van der Waals surface area contributed by atoms with Crippen molar-refractivity contribution in [3.8, 4) is 0 Å². The molecule has 8 nitrogen and oxygen atoms in total. The van der Waals surface area contributed by atoms with E-state index in [-0.39, 0.29) is 12.3 Å². The van der Waals surface area contributed by atoms with Gasteiger partial charge < -0.3 is 20.5 Å². The van der Waals surface area contributed by atoms with E-state index in [1.165, 1.54) is 0 Å². The monoisotopic (exact) mass is 385 g/mol. The number of aromatic nitrogens is 1. The zero-order valence-corrected chi connectivity index (χ0v) is 15.9. The third-order valence-corrected chi connectivity index (χ3v) is 3.55. The fraction of sp³-hybridized carbons (Fsp3) is 0.300. The summed E-state index contributed by atoms with van der Waals surface area (Å²) >= 11 is 0. The summed E-state index contributed by atoms with van der Waals surface area (Å²) in [6, 6.07) is 10.7. The number of hydrogen-bond acceptors (Lipinski definition) is 5. The van der Waals surface area contributed by atoms with Gasteiger partial charge in [-0.3, -0.25) is 9.59 Å². The van der Waals surface area contributed by atoms with Crippen molar-refractivity contribution >= 4 is 23.8 Å². The summed E-state index contributed by atoms with van der Waals surface area (Å²) in [7, 11) is 0. The first-order chi connectivity index (χ1) is 13.1. The molecule has 2 amide bonds. The van der Waals surface area contributed by atoms with Gasteiger partial charge in [0.15, 0.2) is 0 Å². The van der Waals surface area contributed by atoms with Gasteiger partial charge in [-0.2, -0.15) is 0 Å². The average Bonchev–Trinajstić information content (AvgIpc) is 2.60. The first-order valence-electron chi connectivity index (χ1n) is 8.68. The van der Waals surface area contributed by atoms with Gasteiger partial charge in [0.1, 0.15) is 11.4 Å². The van der Waals surface area contributed by atoms with Crippen LogP contribution in [0.2, 0.25) is 0 Å². The van der Waals surface area contributed by atoms with E-state index in [0.29, 0.717) is 16.9 Å². The van der Waals surface area contributed by atoms with Gasteiger partial charge in [-0.15, -0.1) is 0 Å². The van der Waals surface area contributed by atoms with Gasteiger partial charge in [0, 0.05) is 11.8 Å². The molecule has 1 heterocycles. The third kappa shape index (κ3) is 6.71. The summed E-state index contributed by atoms with van der Waals surface area (Å²) < 4.78 is 5.19. The second kappa shape index (κ2) is 8.98. The lowest BCUT2D eigenvalue weighted by Crippen LogP contribution is -2.35. The molecule has 0 fully saturated rings. The van der Waals surface area contributed by atoms with Crippen molar-refractivity contribution in [2.75, 3.05) is 5.32 Å². The molecule has 0 bridgehead atoms. The number of carboxylic acids is 1. The molecule has 0 aliphatic heterocycles. The molecule has 28 heavy (non-hydrogen) atoms. The van der Waals surface area contributed by atoms with Crippen molar-refractivity contribution in [3.63, 3.8) is 0 Å². The molecular formula is C20H23N3O5. The number of nitrogens with one attached hydrogen (secondary N) is 2. The molecule has 1 atom stereocenters. The normalized spacial score (nSPS) is 12.0. The van der Waals surface area contributed by atoms with Crippen LogP contribution in [0.25, 0.3) is 0 Å². The Bertz CT molecular complexity index is 829. The van der Waals surface area contributed by atoms with Crippen LogP contribution in [0.3, 0.4) is 0 Å². The lowest BCUT2D eigenvalue weighted by atomic mass is 10.0. The Kier molecular flexibility index (Phi) is 6.70. The molecule has 0 aliphatic rings. The number of carboxylic acid groups (broad SMARTS) is 1. The highest BCUT2D eigenvalue weighted by atomic mass is 16.6. The smallest absolute Gasteiger partial charge is 0.408 e. The maximum absolute atomic E-state index is 12.3.